The molecule has 19 heavy (non-hydrogen) atoms. The van der Waals surface area contributed by atoms with Crippen LogP contribution >= 0.6 is 0 Å². The molecule has 6 heteroatoms. The number of rotatable bonds is 4. The van der Waals surface area contributed by atoms with Crippen LogP contribution in [0.5, 0.6) is 0 Å². The molecule has 0 aromatic carbocycles. The fraction of sp³-hybridized carbons (Fsp3) is 0.385. The summed E-state index contributed by atoms with van der Waals surface area (Å²) in [5, 5.41) is 11.8. The SMILES string of the molecule is C=CCN1CCC[C@H]1c1nc(-c2cccnn2)no1. The highest BCUT2D eigenvalue weighted by Crippen LogP contribution is 2.31. The van der Waals surface area contributed by atoms with Crippen molar-refractivity contribution in [2.45, 2.75) is 18.9 Å². The molecule has 1 aliphatic rings. The molecule has 0 unspecified atom stereocenters. The summed E-state index contributed by atoms with van der Waals surface area (Å²) < 4.78 is 5.37. The number of nitrogens with zero attached hydrogens (tertiary/aromatic N) is 5. The summed E-state index contributed by atoms with van der Waals surface area (Å²) in [4.78, 5) is 6.73. The van der Waals surface area contributed by atoms with E-state index < -0.39 is 0 Å². The van der Waals surface area contributed by atoms with Crippen molar-refractivity contribution in [3.63, 3.8) is 0 Å². The molecule has 0 radical (unpaired) electrons. The molecule has 0 saturated carbocycles. The minimum Gasteiger partial charge on any atom is -0.337 e. The van der Waals surface area contributed by atoms with E-state index in [1.807, 2.05) is 12.1 Å². The van der Waals surface area contributed by atoms with Gasteiger partial charge < -0.3 is 4.52 Å². The molecule has 0 aliphatic carbocycles. The van der Waals surface area contributed by atoms with E-state index in [0.717, 1.165) is 25.9 Å². The lowest BCUT2D eigenvalue weighted by Gasteiger charge is -2.18. The van der Waals surface area contributed by atoms with Gasteiger partial charge in [0.25, 0.3) is 0 Å². The van der Waals surface area contributed by atoms with Gasteiger partial charge in [-0.15, -0.1) is 11.7 Å². The summed E-state index contributed by atoms with van der Waals surface area (Å²) in [5.74, 6) is 1.15. The molecule has 1 aliphatic heterocycles. The molecule has 1 saturated heterocycles. The molecular weight excluding hydrogens is 242 g/mol. The van der Waals surface area contributed by atoms with Crippen LogP contribution in [0.3, 0.4) is 0 Å². The first-order valence-electron chi connectivity index (χ1n) is 6.35. The van der Waals surface area contributed by atoms with E-state index in [-0.39, 0.29) is 6.04 Å². The normalized spacial score (nSPS) is 19.7. The van der Waals surface area contributed by atoms with Crippen LogP contribution in [0.4, 0.5) is 0 Å². The Morgan fingerprint density at radius 2 is 2.47 bits per heavy atom. The Hall–Kier alpha value is -2.08. The first-order chi connectivity index (χ1) is 9.38. The predicted octanol–water partition coefficient (Wildman–Crippen LogP) is 1.85. The second-order valence-electron chi connectivity index (χ2n) is 4.51. The van der Waals surface area contributed by atoms with E-state index in [2.05, 4.69) is 31.8 Å². The topological polar surface area (TPSA) is 67.9 Å². The third-order valence-corrected chi connectivity index (χ3v) is 3.26. The molecule has 6 nitrogen and oxygen atoms in total. The Labute approximate surface area is 111 Å². The van der Waals surface area contributed by atoms with E-state index in [9.17, 15) is 0 Å². The van der Waals surface area contributed by atoms with Crippen LogP contribution in [0.25, 0.3) is 11.5 Å². The standard InChI is InChI=1S/C13H15N5O/c1-2-8-18-9-4-6-11(18)13-15-12(17-19-13)10-5-3-7-14-16-10/h2-3,5,7,11H,1,4,6,8-9H2/t11-/m0/s1. The highest BCUT2D eigenvalue weighted by atomic mass is 16.5. The second-order valence-corrected chi connectivity index (χ2v) is 4.51. The van der Waals surface area contributed by atoms with Gasteiger partial charge in [-0.25, -0.2) is 0 Å². The molecule has 98 valence electrons. The van der Waals surface area contributed by atoms with Gasteiger partial charge in [-0.3, -0.25) is 4.90 Å². The van der Waals surface area contributed by atoms with Crippen molar-refractivity contribution < 1.29 is 4.52 Å². The Morgan fingerprint density at radius 1 is 1.53 bits per heavy atom. The smallest absolute Gasteiger partial charge is 0.244 e. The van der Waals surface area contributed by atoms with Crippen LogP contribution in [0.1, 0.15) is 24.8 Å². The summed E-state index contributed by atoms with van der Waals surface area (Å²) in [7, 11) is 0. The van der Waals surface area contributed by atoms with Crippen molar-refractivity contribution in [3.8, 4) is 11.5 Å². The Morgan fingerprint density at radius 3 is 3.26 bits per heavy atom. The predicted molar refractivity (Wildman–Crippen MR) is 69.1 cm³/mol. The summed E-state index contributed by atoms with van der Waals surface area (Å²) >= 11 is 0. The van der Waals surface area contributed by atoms with Crippen molar-refractivity contribution in [2.24, 2.45) is 0 Å². The number of hydrogen-bond donors (Lipinski definition) is 0. The van der Waals surface area contributed by atoms with Gasteiger partial charge in [0.15, 0.2) is 0 Å². The lowest BCUT2D eigenvalue weighted by Crippen LogP contribution is -2.23. The maximum absolute atomic E-state index is 5.37. The van der Waals surface area contributed by atoms with Crippen LogP contribution in [-0.2, 0) is 0 Å². The molecule has 1 fully saturated rings. The van der Waals surface area contributed by atoms with Crippen LogP contribution in [0.15, 0.2) is 35.5 Å². The molecule has 2 aromatic rings. The van der Waals surface area contributed by atoms with Crippen molar-refractivity contribution in [2.75, 3.05) is 13.1 Å². The zero-order valence-corrected chi connectivity index (χ0v) is 10.6. The van der Waals surface area contributed by atoms with E-state index in [1.54, 1.807) is 12.3 Å². The molecule has 0 bridgehead atoms. The van der Waals surface area contributed by atoms with Crippen LogP contribution in [0.2, 0.25) is 0 Å². The zero-order valence-electron chi connectivity index (χ0n) is 10.6. The van der Waals surface area contributed by atoms with Gasteiger partial charge in [-0.05, 0) is 31.5 Å². The van der Waals surface area contributed by atoms with Gasteiger partial charge in [-0.1, -0.05) is 11.2 Å². The molecule has 2 aromatic heterocycles. The first kappa shape index (κ1) is 12.0. The number of aromatic nitrogens is 4. The first-order valence-corrected chi connectivity index (χ1v) is 6.35. The summed E-state index contributed by atoms with van der Waals surface area (Å²) in [5.41, 5.74) is 0.630. The molecule has 0 spiro atoms. The molecule has 0 amide bonds. The minimum atomic E-state index is 0.191. The van der Waals surface area contributed by atoms with Crippen molar-refractivity contribution in [1.82, 2.24) is 25.2 Å². The maximum atomic E-state index is 5.37. The average Bonchev–Trinajstić information content (AvgIpc) is 3.08. The quantitative estimate of drug-likeness (QED) is 0.779. The average molecular weight is 257 g/mol. The summed E-state index contributed by atoms with van der Waals surface area (Å²) in [6.07, 6.45) is 5.70. The molecule has 1 atom stereocenters. The minimum absolute atomic E-state index is 0.191. The molecule has 0 N–H and O–H groups in total. The number of hydrogen-bond acceptors (Lipinski definition) is 6. The van der Waals surface area contributed by atoms with Gasteiger partial charge in [-0.2, -0.15) is 10.1 Å². The monoisotopic (exact) mass is 257 g/mol. The van der Waals surface area contributed by atoms with E-state index in [4.69, 9.17) is 4.52 Å². The third kappa shape index (κ3) is 2.39. The fourth-order valence-corrected chi connectivity index (χ4v) is 2.39. The highest BCUT2D eigenvalue weighted by Gasteiger charge is 2.30. The zero-order chi connectivity index (χ0) is 13.1. The van der Waals surface area contributed by atoms with Gasteiger partial charge >= 0.3 is 0 Å². The van der Waals surface area contributed by atoms with E-state index >= 15 is 0 Å². The van der Waals surface area contributed by atoms with Crippen molar-refractivity contribution >= 4 is 0 Å². The number of likely N-dealkylation sites (tertiary alicyclic amines) is 1. The lowest BCUT2D eigenvalue weighted by atomic mass is 10.2. The molecule has 3 heterocycles. The van der Waals surface area contributed by atoms with Crippen molar-refractivity contribution in [1.29, 1.82) is 0 Å². The van der Waals surface area contributed by atoms with Crippen LogP contribution in [-0.4, -0.2) is 38.3 Å². The van der Waals surface area contributed by atoms with Gasteiger partial charge in [0.05, 0.1) is 6.04 Å². The Kier molecular flexibility index (Phi) is 3.33. The summed E-state index contributed by atoms with van der Waals surface area (Å²) in [6.45, 7) is 5.66. The van der Waals surface area contributed by atoms with Gasteiger partial charge in [0, 0.05) is 12.7 Å². The highest BCUT2D eigenvalue weighted by molar-refractivity contribution is 5.46. The maximum Gasteiger partial charge on any atom is 0.244 e. The second kappa shape index (κ2) is 5.27. The van der Waals surface area contributed by atoms with Gasteiger partial charge in [0.2, 0.25) is 11.7 Å². The van der Waals surface area contributed by atoms with Crippen LogP contribution in [0, 0.1) is 0 Å². The fourth-order valence-electron chi connectivity index (χ4n) is 2.39. The summed E-state index contributed by atoms with van der Waals surface area (Å²) in [6, 6.07) is 3.81. The Bertz CT molecular complexity index is 553. The van der Waals surface area contributed by atoms with Crippen molar-refractivity contribution in [3.05, 3.63) is 36.9 Å². The molecular formula is C13H15N5O. The van der Waals surface area contributed by atoms with E-state index in [1.165, 1.54) is 0 Å². The lowest BCUT2D eigenvalue weighted by molar-refractivity contribution is 0.226. The van der Waals surface area contributed by atoms with Crippen LogP contribution < -0.4 is 0 Å². The van der Waals surface area contributed by atoms with Gasteiger partial charge in [0.1, 0.15) is 5.69 Å². The van der Waals surface area contributed by atoms with E-state index in [0.29, 0.717) is 17.4 Å². The third-order valence-electron chi connectivity index (χ3n) is 3.26. The molecule has 3 rings (SSSR count). The Balaban J connectivity index is 1.83. The largest absolute Gasteiger partial charge is 0.337 e.